The van der Waals surface area contributed by atoms with Gasteiger partial charge < -0.3 is 14.6 Å². The van der Waals surface area contributed by atoms with Crippen molar-refractivity contribution >= 4 is 23.4 Å². The Bertz CT molecular complexity index is 884. The first-order valence-corrected chi connectivity index (χ1v) is 11.3. The van der Waals surface area contributed by atoms with Gasteiger partial charge in [-0.05, 0) is 49.2 Å². The van der Waals surface area contributed by atoms with Crippen molar-refractivity contribution in [1.82, 2.24) is 20.0 Å². The van der Waals surface area contributed by atoms with Crippen molar-refractivity contribution in [3.8, 4) is 11.3 Å². The largest absolute Gasteiger partial charge is 0.459 e. The molecule has 2 amide bonds. The number of piperazine rings is 1. The van der Waals surface area contributed by atoms with E-state index >= 15 is 0 Å². The summed E-state index contributed by atoms with van der Waals surface area (Å²) in [6.45, 7) is 6.23. The summed E-state index contributed by atoms with van der Waals surface area (Å²) in [5.74, 6) is 1.68. The molecule has 0 spiro atoms. The summed E-state index contributed by atoms with van der Waals surface area (Å²) < 4.78 is 5.83. The van der Waals surface area contributed by atoms with Crippen LogP contribution in [-0.2, 0) is 16.1 Å². The molecule has 2 fully saturated rings. The predicted molar refractivity (Wildman–Crippen MR) is 120 cm³/mol. The molecule has 8 heteroatoms. The molecule has 0 atom stereocenters. The minimum absolute atomic E-state index is 0.0222. The third kappa shape index (κ3) is 6.09. The number of furan rings is 1. The second-order valence-electron chi connectivity index (χ2n) is 8.19. The van der Waals surface area contributed by atoms with E-state index in [1.54, 1.807) is 0 Å². The summed E-state index contributed by atoms with van der Waals surface area (Å²) in [7, 11) is 0. The SMILES string of the molecule is O=C(CN1CCN(CC(=O)N2CCCC2)CC1)NCc1ccc(-c2ccc(Cl)cc2)o1. The molecular formula is C23H29ClN4O3. The second-order valence-corrected chi connectivity index (χ2v) is 8.63. The Kier molecular flexibility index (Phi) is 7.27. The van der Waals surface area contributed by atoms with Crippen LogP contribution in [0.15, 0.2) is 40.8 Å². The number of hydrogen-bond donors (Lipinski definition) is 1. The number of nitrogens with zero attached hydrogens (tertiary/aromatic N) is 3. The van der Waals surface area contributed by atoms with Crippen molar-refractivity contribution in [3.63, 3.8) is 0 Å². The molecule has 2 saturated heterocycles. The minimum atomic E-state index is -0.0222. The highest BCUT2D eigenvalue weighted by Crippen LogP contribution is 2.23. The lowest BCUT2D eigenvalue weighted by molar-refractivity contribution is -0.132. The number of benzene rings is 1. The lowest BCUT2D eigenvalue weighted by Gasteiger charge is -2.34. The van der Waals surface area contributed by atoms with Crippen LogP contribution in [-0.4, -0.2) is 78.9 Å². The average molecular weight is 445 g/mol. The molecule has 166 valence electrons. The van der Waals surface area contributed by atoms with Gasteiger partial charge in [-0.15, -0.1) is 0 Å². The van der Waals surface area contributed by atoms with Crippen LogP contribution < -0.4 is 5.32 Å². The lowest BCUT2D eigenvalue weighted by Crippen LogP contribution is -2.51. The van der Waals surface area contributed by atoms with E-state index in [0.29, 0.717) is 30.4 Å². The molecule has 0 unspecified atom stereocenters. The van der Waals surface area contributed by atoms with Gasteiger partial charge in [0.25, 0.3) is 0 Å². The van der Waals surface area contributed by atoms with Gasteiger partial charge in [-0.25, -0.2) is 0 Å². The van der Waals surface area contributed by atoms with E-state index < -0.39 is 0 Å². The number of amides is 2. The van der Waals surface area contributed by atoms with Crippen LogP contribution in [0.2, 0.25) is 5.02 Å². The average Bonchev–Trinajstić information content (AvgIpc) is 3.47. The molecule has 0 aliphatic carbocycles. The zero-order chi connectivity index (χ0) is 21.6. The van der Waals surface area contributed by atoms with E-state index in [1.807, 2.05) is 41.3 Å². The number of carbonyl (C=O) groups excluding carboxylic acids is 2. The van der Waals surface area contributed by atoms with Crippen molar-refractivity contribution in [1.29, 1.82) is 0 Å². The normalized spacial score (nSPS) is 17.8. The fraction of sp³-hybridized carbons (Fsp3) is 0.478. The Labute approximate surface area is 187 Å². The summed E-state index contributed by atoms with van der Waals surface area (Å²) in [5.41, 5.74) is 0.947. The van der Waals surface area contributed by atoms with Crippen LogP contribution in [0.4, 0.5) is 0 Å². The molecule has 2 aromatic rings. The third-order valence-corrected chi connectivity index (χ3v) is 6.15. The maximum absolute atomic E-state index is 12.3. The highest BCUT2D eigenvalue weighted by molar-refractivity contribution is 6.30. The van der Waals surface area contributed by atoms with Crippen LogP contribution in [0.3, 0.4) is 0 Å². The van der Waals surface area contributed by atoms with Crippen LogP contribution in [0.1, 0.15) is 18.6 Å². The summed E-state index contributed by atoms with van der Waals surface area (Å²) >= 11 is 5.92. The highest BCUT2D eigenvalue weighted by atomic mass is 35.5. The number of carbonyl (C=O) groups is 2. The number of rotatable bonds is 7. The smallest absolute Gasteiger partial charge is 0.236 e. The van der Waals surface area contributed by atoms with Crippen molar-refractivity contribution in [3.05, 3.63) is 47.2 Å². The Morgan fingerprint density at radius 3 is 2.19 bits per heavy atom. The van der Waals surface area contributed by atoms with E-state index in [2.05, 4.69) is 15.1 Å². The molecule has 7 nitrogen and oxygen atoms in total. The molecule has 0 bridgehead atoms. The van der Waals surface area contributed by atoms with Crippen LogP contribution in [0, 0.1) is 0 Å². The van der Waals surface area contributed by atoms with Crippen molar-refractivity contribution in [2.24, 2.45) is 0 Å². The quantitative estimate of drug-likeness (QED) is 0.710. The van der Waals surface area contributed by atoms with Gasteiger partial charge >= 0.3 is 0 Å². The predicted octanol–water partition coefficient (Wildman–Crippen LogP) is 2.46. The van der Waals surface area contributed by atoms with E-state index in [9.17, 15) is 9.59 Å². The first-order chi connectivity index (χ1) is 15.1. The van der Waals surface area contributed by atoms with Gasteiger partial charge in [-0.3, -0.25) is 19.4 Å². The van der Waals surface area contributed by atoms with Gasteiger partial charge in [-0.1, -0.05) is 11.6 Å². The monoisotopic (exact) mass is 444 g/mol. The van der Waals surface area contributed by atoms with Gasteiger partial charge in [0.2, 0.25) is 11.8 Å². The molecule has 1 aromatic heterocycles. The zero-order valence-corrected chi connectivity index (χ0v) is 18.4. The fourth-order valence-electron chi connectivity index (χ4n) is 4.05. The fourth-order valence-corrected chi connectivity index (χ4v) is 4.18. The van der Waals surface area contributed by atoms with Crippen LogP contribution in [0.25, 0.3) is 11.3 Å². The first kappa shape index (κ1) is 21.9. The third-order valence-electron chi connectivity index (χ3n) is 5.90. The maximum Gasteiger partial charge on any atom is 0.236 e. The Balaban J connectivity index is 1.16. The number of halogens is 1. The minimum Gasteiger partial charge on any atom is -0.459 e. The molecule has 2 aliphatic rings. The van der Waals surface area contributed by atoms with Crippen molar-refractivity contribution in [2.75, 3.05) is 52.4 Å². The van der Waals surface area contributed by atoms with Crippen LogP contribution in [0.5, 0.6) is 0 Å². The van der Waals surface area contributed by atoms with Gasteiger partial charge in [-0.2, -0.15) is 0 Å². The maximum atomic E-state index is 12.3. The Morgan fingerprint density at radius 2 is 1.52 bits per heavy atom. The van der Waals surface area contributed by atoms with Crippen molar-refractivity contribution in [2.45, 2.75) is 19.4 Å². The molecular weight excluding hydrogens is 416 g/mol. The Morgan fingerprint density at radius 1 is 0.871 bits per heavy atom. The molecule has 3 heterocycles. The standard InChI is InChI=1S/C23H29ClN4O3/c24-19-5-3-18(4-6-19)21-8-7-20(31-21)15-25-22(29)16-26-11-13-27(14-12-26)17-23(30)28-9-1-2-10-28/h3-8H,1-2,9-17H2,(H,25,29). The molecule has 4 rings (SSSR count). The molecule has 1 aromatic carbocycles. The molecule has 31 heavy (non-hydrogen) atoms. The molecule has 0 saturated carbocycles. The van der Waals surface area contributed by atoms with Crippen molar-refractivity contribution < 1.29 is 14.0 Å². The summed E-state index contributed by atoms with van der Waals surface area (Å²) in [4.78, 5) is 30.9. The Hall–Kier alpha value is -2.35. The van der Waals surface area contributed by atoms with E-state index in [-0.39, 0.29) is 11.8 Å². The summed E-state index contributed by atoms with van der Waals surface area (Å²) in [5, 5.41) is 3.61. The van der Waals surface area contributed by atoms with Crippen LogP contribution >= 0.6 is 11.6 Å². The second kappa shape index (κ2) is 10.3. The van der Waals surface area contributed by atoms with E-state index in [1.165, 1.54) is 0 Å². The molecule has 2 aliphatic heterocycles. The van der Waals surface area contributed by atoms with Gasteiger partial charge in [0.1, 0.15) is 11.5 Å². The molecule has 1 N–H and O–H groups in total. The molecule has 0 radical (unpaired) electrons. The van der Waals surface area contributed by atoms with Gasteiger partial charge in [0.15, 0.2) is 0 Å². The zero-order valence-electron chi connectivity index (χ0n) is 17.7. The van der Waals surface area contributed by atoms with E-state index in [0.717, 1.165) is 63.4 Å². The highest BCUT2D eigenvalue weighted by Gasteiger charge is 2.24. The first-order valence-electron chi connectivity index (χ1n) is 10.9. The number of likely N-dealkylation sites (tertiary alicyclic amines) is 1. The van der Waals surface area contributed by atoms with E-state index in [4.69, 9.17) is 16.0 Å². The lowest BCUT2D eigenvalue weighted by atomic mass is 10.2. The summed E-state index contributed by atoms with van der Waals surface area (Å²) in [6, 6.07) is 11.2. The number of hydrogen-bond acceptors (Lipinski definition) is 5. The topological polar surface area (TPSA) is 69.0 Å². The summed E-state index contributed by atoms with van der Waals surface area (Å²) in [6.07, 6.45) is 2.24. The van der Waals surface area contributed by atoms with Gasteiger partial charge in [0.05, 0.1) is 19.6 Å². The number of nitrogens with one attached hydrogen (secondary N) is 1. The van der Waals surface area contributed by atoms with Gasteiger partial charge in [0, 0.05) is 49.9 Å².